The molecule has 1 aromatic rings. The number of rotatable bonds is 6. The molecule has 0 radical (unpaired) electrons. The summed E-state index contributed by atoms with van der Waals surface area (Å²) in [6.45, 7) is 3.49. The smallest absolute Gasteiger partial charge is 0.390 e. The molecule has 1 aromatic heterocycles. The van der Waals surface area contributed by atoms with Gasteiger partial charge in [-0.25, -0.2) is 0 Å². The van der Waals surface area contributed by atoms with Crippen LogP contribution in [0, 0.1) is 17.0 Å². The Morgan fingerprint density at radius 3 is 2.83 bits per heavy atom. The molecule has 1 unspecified atom stereocenters. The molecule has 8 nitrogen and oxygen atoms in total. The third-order valence-electron chi connectivity index (χ3n) is 2.01. The first-order valence-electron chi connectivity index (χ1n) is 5.13. The number of nitro groups is 1. The Balaban J connectivity index is 2.64. The van der Waals surface area contributed by atoms with E-state index in [0.717, 1.165) is 0 Å². The monoisotopic (exact) mass is 275 g/mol. The molecule has 0 aliphatic rings. The first-order valence-corrected chi connectivity index (χ1v) is 6.62. The molecule has 9 heteroatoms. The lowest BCUT2D eigenvalue weighted by Gasteiger charge is -2.01. The van der Waals surface area contributed by atoms with Crippen molar-refractivity contribution < 1.29 is 18.7 Å². The van der Waals surface area contributed by atoms with E-state index >= 15 is 0 Å². The maximum atomic E-state index is 11.6. The van der Waals surface area contributed by atoms with Crippen LogP contribution in [0.4, 0.5) is 5.82 Å². The molecule has 0 fully saturated rings. The number of carbonyl (C=O) groups is 1. The summed E-state index contributed by atoms with van der Waals surface area (Å²) in [7, 11) is -1.51. The van der Waals surface area contributed by atoms with E-state index in [0.29, 0.717) is 5.69 Å². The van der Waals surface area contributed by atoms with E-state index in [1.807, 2.05) is 0 Å². The molecule has 1 heterocycles. The Hall–Kier alpha value is -1.77. The summed E-state index contributed by atoms with van der Waals surface area (Å²) in [4.78, 5) is 21.0. The second kappa shape index (κ2) is 6.24. The summed E-state index contributed by atoms with van der Waals surface area (Å²) in [6, 6.07) is 1.28. The van der Waals surface area contributed by atoms with Gasteiger partial charge >= 0.3 is 11.8 Å². The van der Waals surface area contributed by atoms with Crippen LogP contribution in [0.25, 0.3) is 0 Å². The third-order valence-corrected chi connectivity index (χ3v) is 3.10. The lowest BCUT2D eigenvalue weighted by atomic mass is 10.5. The predicted molar refractivity (Wildman–Crippen MR) is 63.3 cm³/mol. The average molecular weight is 275 g/mol. The second-order valence-corrected chi connectivity index (χ2v) is 4.85. The van der Waals surface area contributed by atoms with Gasteiger partial charge in [-0.3, -0.25) is 9.00 Å². The number of nitrogens with zero attached hydrogens (tertiary/aromatic N) is 3. The summed E-state index contributed by atoms with van der Waals surface area (Å²) in [6.07, 6.45) is 0. The zero-order valence-corrected chi connectivity index (χ0v) is 10.8. The van der Waals surface area contributed by atoms with E-state index in [4.69, 9.17) is 0 Å². The van der Waals surface area contributed by atoms with Gasteiger partial charge < -0.3 is 14.9 Å². The van der Waals surface area contributed by atoms with Crippen molar-refractivity contribution in [2.45, 2.75) is 19.7 Å². The number of esters is 1. The zero-order chi connectivity index (χ0) is 13.7. The first-order chi connectivity index (χ1) is 8.43. The average Bonchev–Trinajstić information content (AvgIpc) is 2.60. The lowest BCUT2D eigenvalue weighted by molar-refractivity contribution is -0.389. The molecule has 1 atom stereocenters. The zero-order valence-electron chi connectivity index (χ0n) is 9.99. The van der Waals surface area contributed by atoms with Gasteiger partial charge in [-0.2, -0.15) is 4.68 Å². The molecule has 100 valence electrons. The molecule has 0 bridgehead atoms. The van der Waals surface area contributed by atoms with Gasteiger partial charge in [0.2, 0.25) is 0 Å². The molecular formula is C9H13N3O5S. The minimum absolute atomic E-state index is 0.0709. The highest BCUT2D eigenvalue weighted by Gasteiger charge is 2.18. The summed E-state index contributed by atoms with van der Waals surface area (Å²) in [5.74, 6) is -1.19. The van der Waals surface area contributed by atoms with Crippen LogP contribution in [0.5, 0.6) is 0 Å². The molecule has 0 spiro atoms. The van der Waals surface area contributed by atoms with E-state index in [1.165, 1.54) is 10.7 Å². The molecule has 0 amide bonds. The van der Waals surface area contributed by atoms with Gasteiger partial charge in [0, 0.05) is 0 Å². The van der Waals surface area contributed by atoms with Crippen molar-refractivity contribution in [3.8, 4) is 0 Å². The van der Waals surface area contributed by atoms with E-state index < -0.39 is 21.7 Å². The number of hydrogen-bond donors (Lipinski definition) is 0. The highest BCUT2D eigenvalue weighted by Crippen LogP contribution is 2.11. The van der Waals surface area contributed by atoms with Crippen LogP contribution in [0.2, 0.25) is 0 Å². The number of aromatic nitrogens is 2. The van der Waals surface area contributed by atoms with Gasteiger partial charge in [0.1, 0.15) is 11.6 Å². The van der Waals surface area contributed by atoms with Gasteiger partial charge in [-0.1, -0.05) is 0 Å². The third kappa shape index (κ3) is 3.91. The number of hydrogen-bond acceptors (Lipinski definition) is 6. The van der Waals surface area contributed by atoms with Crippen molar-refractivity contribution in [2.75, 3.05) is 12.4 Å². The quantitative estimate of drug-likeness (QED) is 0.422. The fourth-order valence-electron chi connectivity index (χ4n) is 1.23. The molecular weight excluding hydrogens is 262 g/mol. The highest BCUT2D eigenvalue weighted by molar-refractivity contribution is 7.84. The SMILES string of the molecule is CCOC(=O)CS(=O)Cn1nc([N+](=O)[O-])cc1C. The summed E-state index contributed by atoms with van der Waals surface area (Å²) in [5.41, 5.74) is 0.513. The number of ether oxygens (including phenoxy) is 1. The Bertz CT molecular complexity index is 485. The minimum Gasteiger partial charge on any atom is -0.465 e. The van der Waals surface area contributed by atoms with Crippen LogP contribution in [0.15, 0.2) is 6.07 Å². The van der Waals surface area contributed by atoms with Crippen molar-refractivity contribution in [3.63, 3.8) is 0 Å². The van der Waals surface area contributed by atoms with Crippen LogP contribution in [-0.4, -0.2) is 37.2 Å². The van der Waals surface area contributed by atoms with Gasteiger partial charge in [0.05, 0.1) is 34.3 Å². The fourth-order valence-corrected chi connectivity index (χ4v) is 2.20. The molecule has 0 aliphatic carbocycles. The molecule has 0 saturated carbocycles. The van der Waals surface area contributed by atoms with E-state index in [2.05, 4.69) is 9.84 Å². The van der Waals surface area contributed by atoms with E-state index in [-0.39, 0.29) is 24.1 Å². The minimum atomic E-state index is -1.51. The van der Waals surface area contributed by atoms with Crippen molar-refractivity contribution in [3.05, 3.63) is 21.9 Å². The highest BCUT2D eigenvalue weighted by atomic mass is 32.2. The standard InChI is InChI=1S/C9H13N3O5S/c1-3-17-9(13)5-18(16)6-11-7(2)4-8(10-11)12(14)15/h4H,3,5-6H2,1-2H3. The summed E-state index contributed by atoms with van der Waals surface area (Å²) < 4.78 is 17.5. The second-order valence-electron chi connectivity index (χ2n) is 3.42. The lowest BCUT2D eigenvalue weighted by Crippen LogP contribution is -2.18. The van der Waals surface area contributed by atoms with Gasteiger partial charge in [0.25, 0.3) is 0 Å². The molecule has 0 aromatic carbocycles. The Kier molecular flexibility index (Phi) is 4.95. The normalized spacial score (nSPS) is 12.1. The van der Waals surface area contributed by atoms with Crippen molar-refractivity contribution >= 4 is 22.6 Å². The maximum Gasteiger partial charge on any atom is 0.390 e. The van der Waals surface area contributed by atoms with Gasteiger partial charge in [0.15, 0.2) is 0 Å². The van der Waals surface area contributed by atoms with Crippen molar-refractivity contribution in [1.82, 2.24) is 9.78 Å². The Morgan fingerprint density at radius 1 is 1.67 bits per heavy atom. The van der Waals surface area contributed by atoms with Crippen molar-refractivity contribution in [1.29, 1.82) is 0 Å². The van der Waals surface area contributed by atoms with E-state index in [1.54, 1.807) is 13.8 Å². The van der Waals surface area contributed by atoms with Crippen LogP contribution in [0.3, 0.4) is 0 Å². The summed E-state index contributed by atoms with van der Waals surface area (Å²) >= 11 is 0. The maximum absolute atomic E-state index is 11.6. The van der Waals surface area contributed by atoms with Gasteiger partial charge in [-0.15, -0.1) is 0 Å². The van der Waals surface area contributed by atoms with E-state index in [9.17, 15) is 19.1 Å². The Morgan fingerprint density at radius 2 is 2.33 bits per heavy atom. The van der Waals surface area contributed by atoms with Crippen LogP contribution in [-0.2, 0) is 26.2 Å². The fraction of sp³-hybridized carbons (Fsp3) is 0.556. The van der Waals surface area contributed by atoms with Crippen LogP contribution in [0.1, 0.15) is 12.6 Å². The molecule has 0 N–H and O–H groups in total. The largest absolute Gasteiger partial charge is 0.465 e. The molecule has 18 heavy (non-hydrogen) atoms. The molecule has 0 saturated heterocycles. The predicted octanol–water partition coefficient (Wildman–Crippen LogP) is 0.369. The first kappa shape index (κ1) is 14.3. The number of aryl methyl sites for hydroxylation is 1. The van der Waals surface area contributed by atoms with Gasteiger partial charge in [-0.05, 0) is 18.8 Å². The molecule has 0 aliphatic heterocycles. The van der Waals surface area contributed by atoms with Crippen LogP contribution >= 0.6 is 0 Å². The van der Waals surface area contributed by atoms with Crippen LogP contribution < -0.4 is 0 Å². The topological polar surface area (TPSA) is 104 Å². The Labute approximate surface area is 106 Å². The number of carbonyl (C=O) groups excluding carboxylic acids is 1. The molecule has 1 rings (SSSR count). The summed E-state index contributed by atoms with van der Waals surface area (Å²) in [5, 5.41) is 14.2. The van der Waals surface area contributed by atoms with Crippen molar-refractivity contribution in [2.24, 2.45) is 0 Å².